The molecule has 2 saturated heterocycles. The van der Waals surface area contributed by atoms with E-state index < -0.39 is 29.9 Å². The number of halogens is 1. The number of hydrogen-bond acceptors (Lipinski definition) is 3. The fourth-order valence-electron chi connectivity index (χ4n) is 2.78. The minimum Gasteiger partial charge on any atom is -0.444 e. The Labute approximate surface area is 101 Å². The lowest BCUT2D eigenvalue weighted by molar-refractivity contribution is -0.00988. The van der Waals surface area contributed by atoms with Crippen molar-refractivity contribution in [1.82, 2.24) is 4.90 Å². The van der Waals surface area contributed by atoms with Crippen LogP contribution in [0.3, 0.4) is 0 Å². The Bertz CT molecular complexity index is 316. The molecular formula is C12H21FN2O2. The van der Waals surface area contributed by atoms with Gasteiger partial charge in [0.25, 0.3) is 0 Å². The normalized spacial score (nSPS) is 37.1. The molecular weight excluding hydrogens is 223 g/mol. The molecule has 1 unspecified atom stereocenters. The number of hydrogen-bond donors (Lipinski definition) is 1. The molecule has 2 bridgehead atoms. The number of fused-ring (bicyclic) bond motifs is 2. The molecule has 2 N–H and O–H groups in total. The summed E-state index contributed by atoms with van der Waals surface area (Å²) >= 11 is 0. The van der Waals surface area contributed by atoms with Crippen molar-refractivity contribution in [2.45, 2.75) is 69.9 Å². The minimum atomic E-state index is -1.12. The van der Waals surface area contributed by atoms with Gasteiger partial charge in [-0.1, -0.05) is 0 Å². The summed E-state index contributed by atoms with van der Waals surface area (Å²) in [7, 11) is 0. The van der Waals surface area contributed by atoms with Gasteiger partial charge in [0.2, 0.25) is 0 Å². The molecule has 0 radical (unpaired) electrons. The molecule has 2 fully saturated rings. The molecule has 0 aromatic rings. The van der Waals surface area contributed by atoms with E-state index >= 15 is 0 Å². The molecule has 0 aliphatic carbocycles. The zero-order valence-electron chi connectivity index (χ0n) is 10.6. The molecule has 1 amide bonds. The fraction of sp³-hybridized carbons (Fsp3) is 0.917. The molecule has 0 spiro atoms. The average molecular weight is 244 g/mol. The third kappa shape index (κ3) is 2.39. The molecule has 2 aliphatic rings. The quantitative estimate of drug-likeness (QED) is 0.707. The summed E-state index contributed by atoms with van der Waals surface area (Å²) in [5.74, 6) is 0. The zero-order chi connectivity index (χ0) is 12.8. The van der Waals surface area contributed by atoms with Crippen LogP contribution in [-0.4, -0.2) is 40.9 Å². The number of ether oxygens (including phenoxy) is 1. The topological polar surface area (TPSA) is 55.6 Å². The van der Waals surface area contributed by atoms with Gasteiger partial charge < -0.3 is 10.5 Å². The molecule has 4 atom stereocenters. The van der Waals surface area contributed by atoms with Crippen molar-refractivity contribution in [3.63, 3.8) is 0 Å². The number of carbonyl (C=O) groups excluding carboxylic acids is 1. The maximum absolute atomic E-state index is 13.9. The van der Waals surface area contributed by atoms with Gasteiger partial charge in [-0.2, -0.15) is 0 Å². The first-order valence-electron chi connectivity index (χ1n) is 6.20. The summed E-state index contributed by atoms with van der Waals surface area (Å²) in [6, 6.07) is -0.776. The van der Waals surface area contributed by atoms with Gasteiger partial charge in [0.05, 0.1) is 6.04 Å². The summed E-state index contributed by atoms with van der Waals surface area (Å²) in [4.78, 5) is 13.6. The largest absolute Gasteiger partial charge is 0.444 e. The number of piperidine rings is 1. The average Bonchev–Trinajstić information content (AvgIpc) is 2.51. The third-order valence-corrected chi connectivity index (χ3v) is 3.47. The number of alkyl halides is 1. The highest BCUT2D eigenvalue weighted by atomic mass is 19.1. The van der Waals surface area contributed by atoms with Gasteiger partial charge in [-0.05, 0) is 40.0 Å². The molecule has 2 rings (SSSR count). The SMILES string of the molecule is CC(C)(C)OC(=O)N1[C@@H]2CC[C@H]1C(F)[C@@H](N)C2. The van der Waals surface area contributed by atoms with E-state index in [0.29, 0.717) is 12.8 Å². The van der Waals surface area contributed by atoms with Gasteiger partial charge in [-0.25, -0.2) is 9.18 Å². The Hall–Kier alpha value is -0.840. The van der Waals surface area contributed by atoms with Crippen LogP contribution in [0.2, 0.25) is 0 Å². The molecule has 98 valence electrons. The predicted octanol–water partition coefficient (Wildman–Crippen LogP) is 1.82. The first-order valence-corrected chi connectivity index (χ1v) is 6.20. The molecule has 5 heteroatoms. The summed E-state index contributed by atoms with van der Waals surface area (Å²) in [5, 5.41) is 0. The van der Waals surface area contributed by atoms with Crippen LogP contribution >= 0.6 is 0 Å². The Morgan fingerprint density at radius 1 is 1.41 bits per heavy atom. The maximum atomic E-state index is 13.9. The van der Waals surface area contributed by atoms with Gasteiger partial charge >= 0.3 is 6.09 Å². The van der Waals surface area contributed by atoms with E-state index in [2.05, 4.69) is 0 Å². The summed E-state index contributed by atoms with van der Waals surface area (Å²) in [5.41, 5.74) is 5.20. The monoisotopic (exact) mass is 244 g/mol. The Morgan fingerprint density at radius 3 is 2.65 bits per heavy atom. The number of amides is 1. The van der Waals surface area contributed by atoms with Crippen molar-refractivity contribution in [3.8, 4) is 0 Å². The van der Waals surface area contributed by atoms with Crippen LogP contribution in [0.1, 0.15) is 40.0 Å². The highest BCUT2D eigenvalue weighted by Gasteiger charge is 2.49. The van der Waals surface area contributed by atoms with Crippen LogP contribution in [0.4, 0.5) is 9.18 Å². The van der Waals surface area contributed by atoms with E-state index in [9.17, 15) is 9.18 Å². The molecule has 4 nitrogen and oxygen atoms in total. The first kappa shape index (κ1) is 12.6. The highest BCUT2D eigenvalue weighted by Crippen LogP contribution is 2.37. The van der Waals surface area contributed by atoms with E-state index in [1.165, 1.54) is 0 Å². The number of carbonyl (C=O) groups is 1. The van der Waals surface area contributed by atoms with Gasteiger partial charge in [0.15, 0.2) is 0 Å². The lowest BCUT2D eigenvalue weighted by Crippen LogP contribution is -2.57. The Balaban J connectivity index is 2.10. The summed E-state index contributed by atoms with van der Waals surface area (Å²) < 4.78 is 19.3. The second-order valence-electron chi connectivity index (χ2n) is 6.03. The van der Waals surface area contributed by atoms with Crippen LogP contribution < -0.4 is 5.73 Å². The molecule has 17 heavy (non-hydrogen) atoms. The van der Waals surface area contributed by atoms with Crippen molar-refractivity contribution in [2.75, 3.05) is 0 Å². The first-order chi connectivity index (χ1) is 7.79. The standard InChI is InChI=1S/C12H21FN2O2/c1-12(2,3)17-11(16)15-7-4-5-9(15)10(13)8(14)6-7/h7-10H,4-6,14H2,1-3H3/t7-,8+,9+,10?/m1/s1. The van der Waals surface area contributed by atoms with Gasteiger partial charge in [0.1, 0.15) is 11.8 Å². The van der Waals surface area contributed by atoms with Crippen molar-refractivity contribution in [1.29, 1.82) is 0 Å². The third-order valence-electron chi connectivity index (χ3n) is 3.47. The van der Waals surface area contributed by atoms with E-state index in [0.717, 1.165) is 6.42 Å². The van der Waals surface area contributed by atoms with Crippen LogP contribution in [0.25, 0.3) is 0 Å². The molecule has 2 aliphatic heterocycles. The van der Waals surface area contributed by atoms with Crippen LogP contribution in [0.5, 0.6) is 0 Å². The lowest BCUT2D eigenvalue weighted by Gasteiger charge is -2.40. The van der Waals surface area contributed by atoms with Crippen molar-refractivity contribution in [2.24, 2.45) is 5.73 Å². The van der Waals surface area contributed by atoms with Crippen molar-refractivity contribution in [3.05, 3.63) is 0 Å². The molecule has 2 heterocycles. The zero-order valence-corrected chi connectivity index (χ0v) is 10.6. The van der Waals surface area contributed by atoms with E-state index in [-0.39, 0.29) is 6.04 Å². The summed E-state index contributed by atoms with van der Waals surface area (Å²) in [6.07, 6.45) is 0.536. The van der Waals surface area contributed by atoms with Crippen LogP contribution in [0, 0.1) is 0 Å². The minimum absolute atomic E-state index is 0.0526. The Morgan fingerprint density at radius 2 is 2.06 bits per heavy atom. The van der Waals surface area contributed by atoms with E-state index in [1.54, 1.807) is 4.90 Å². The lowest BCUT2D eigenvalue weighted by atomic mass is 9.97. The molecule has 0 saturated carbocycles. The van der Waals surface area contributed by atoms with Crippen LogP contribution in [0.15, 0.2) is 0 Å². The number of nitrogens with zero attached hydrogens (tertiary/aromatic N) is 1. The fourth-order valence-corrected chi connectivity index (χ4v) is 2.78. The van der Waals surface area contributed by atoms with Gasteiger partial charge in [-0.3, -0.25) is 4.90 Å². The second kappa shape index (κ2) is 4.12. The van der Waals surface area contributed by atoms with E-state index in [4.69, 9.17) is 10.5 Å². The number of nitrogens with two attached hydrogens (primary N) is 1. The van der Waals surface area contributed by atoms with Gasteiger partial charge in [0, 0.05) is 12.1 Å². The second-order valence-corrected chi connectivity index (χ2v) is 6.03. The van der Waals surface area contributed by atoms with Gasteiger partial charge in [-0.15, -0.1) is 0 Å². The van der Waals surface area contributed by atoms with E-state index in [1.807, 2.05) is 20.8 Å². The highest BCUT2D eigenvalue weighted by molar-refractivity contribution is 5.70. The number of rotatable bonds is 0. The van der Waals surface area contributed by atoms with Crippen molar-refractivity contribution < 1.29 is 13.9 Å². The van der Waals surface area contributed by atoms with Crippen LogP contribution in [-0.2, 0) is 4.74 Å². The van der Waals surface area contributed by atoms with Crippen molar-refractivity contribution >= 4 is 6.09 Å². The summed E-state index contributed by atoms with van der Waals surface area (Å²) in [6.45, 7) is 5.44. The predicted molar refractivity (Wildman–Crippen MR) is 62.4 cm³/mol. The Kier molecular flexibility index (Phi) is 3.06. The maximum Gasteiger partial charge on any atom is 0.410 e. The molecule has 0 aromatic heterocycles. The smallest absolute Gasteiger partial charge is 0.410 e. The molecule has 0 aromatic carbocycles.